The molecule has 0 atom stereocenters. The summed E-state index contributed by atoms with van der Waals surface area (Å²) in [5, 5.41) is 2.90. The van der Waals surface area contributed by atoms with Crippen LogP contribution < -0.4 is 10.1 Å². The number of hydrogen-bond donors (Lipinski definition) is 1. The van der Waals surface area contributed by atoms with Crippen LogP contribution in [0.2, 0.25) is 0 Å². The predicted octanol–water partition coefficient (Wildman–Crippen LogP) is 4.42. The van der Waals surface area contributed by atoms with Crippen LogP contribution in [0.5, 0.6) is 5.75 Å². The van der Waals surface area contributed by atoms with Crippen molar-refractivity contribution in [1.82, 2.24) is 4.90 Å². The number of hydrogen-bond acceptors (Lipinski definition) is 5. The lowest BCUT2D eigenvalue weighted by molar-refractivity contribution is -0.122. The molecule has 1 aliphatic rings. The number of imide groups is 1. The lowest BCUT2D eigenvalue weighted by atomic mass is 10.1. The van der Waals surface area contributed by atoms with E-state index < -0.39 is 0 Å². The fourth-order valence-corrected chi connectivity index (χ4v) is 3.48. The number of nitrogens with zero attached hydrogens (tertiary/aromatic N) is 1. The minimum absolute atomic E-state index is 0.137. The summed E-state index contributed by atoms with van der Waals surface area (Å²) in [6.45, 7) is 4.12. The maximum atomic E-state index is 12.6. The summed E-state index contributed by atoms with van der Waals surface area (Å²) in [5.41, 5.74) is 3.86. The standard InChI is InChI=1S/C20H20N2O3S/c1-13-8-9-14(2)16(10-13)21-12-22-19(23)18(26-20(22)24)11-15-6-4-5-7-17(15)25-3/h4-11,21H,12H2,1-3H3. The first-order valence-corrected chi connectivity index (χ1v) is 9.01. The number of nitrogens with one attached hydrogen (secondary N) is 1. The van der Waals surface area contributed by atoms with Crippen LogP contribution in [0.15, 0.2) is 47.4 Å². The van der Waals surface area contributed by atoms with Gasteiger partial charge >= 0.3 is 0 Å². The highest BCUT2D eigenvalue weighted by Gasteiger charge is 2.35. The van der Waals surface area contributed by atoms with E-state index in [1.54, 1.807) is 13.2 Å². The van der Waals surface area contributed by atoms with Crippen molar-refractivity contribution in [3.8, 4) is 5.75 Å². The molecule has 2 amide bonds. The Labute approximate surface area is 157 Å². The highest BCUT2D eigenvalue weighted by atomic mass is 32.2. The number of amides is 2. The average Bonchev–Trinajstić information content (AvgIpc) is 2.89. The van der Waals surface area contributed by atoms with Crippen molar-refractivity contribution in [3.63, 3.8) is 0 Å². The summed E-state index contributed by atoms with van der Waals surface area (Å²) < 4.78 is 5.30. The van der Waals surface area contributed by atoms with E-state index in [0.29, 0.717) is 10.7 Å². The Hall–Kier alpha value is -2.73. The van der Waals surface area contributed by atoms with Gasteiger partial charge in [-0.2, -0.15) is 0 Å². The van der Waals surface area contributed by atoms with Gasteiger partial charge in [-0.1, -0.05) is 30.3 Å². The van der Waals surface area contributed by atoms with Crippen LogP contribution in [-0.2, 0) is 4.79 Å². The maximum absolute atomic E-state index is 12.6. The first kappa shape index (κ1) is 18.1. The number of thioether (sulfide) groups is 1. The molecular formula is C20H20N2O3S. The van der Waals surface area contributed by atoms with Gasteiger partial charge in [0.2, 0.25) is 0 Å². The molecule has 0 aromatic heterocycles. The number of methoxy groups -OCH3 is 1. The summed E-state index contributed by atoms with van der Waals surface area (Å²) >= 11 is 0.941. The zero-order valence-electron chi connectivity index (χ0n) is 14.9. The molecular weight excluding hydrogens is 348 g/mol. The van der Waals surface area contributed by atoms with Gasteiger partial charge in [0.1, 0.15) is 5.75 Å². The van der Waals surface area contributed by atoms with E-state index in [2.05, 4.69) is 5.32 Å². The molecule has 0 radical (unpaired) electrons. The molecule has 1 heterocycles. The highest BCUT2D eigenvalue weighted by Crippen LogP contribution is 2.33. The Morgan fingerprint density at radius 2 is 1.92 bits per heavy atom. The first-order valence-electron chi connectivity index (χ1n) is 8.19. The maximum Gasteiger partial charge on any atom is 0.295 e. The minimum atomic E-state index is -0.302. The van der Waals surface area contributed by atoms with E-state index in [1.165, 1.54) is 4.90 Å². The summed E-state index contributed by atoms with van der Waals surface area (Å²) in [6.07, 6.45) is 1.70. The monoisotopic (exact) mass is 368 g/mol. The molecule has 6 heteroatoms. The van der Waals surface area contributed by atoms with Gasteiger partial charge in [-0.3, -0.25) is 14.5 Å². The molecule has 0 aliphatic carbocycles. The molecule has 2 aromatic rings. The molecule has 1 saturated heterocycles. The van der Waals surface area contributed by atoms with Gasteiger partial charge in [0, 0.05) is 11.3 Å². The van der Waals surface area contributed by atoms with E-state index >= 15 is 0 Å². The second-order valence-electron chi connectivity index (χ2n) is 6.00. The van der Waals surface area contributed by atoms with Crippen molar-refractivity contribution >= 4 is 34.7 Å². The number of rotatable bonds is 5. The smallest absolute Gasteiger partial charge is 0.295 e. The van der Waals surface area contributed by atoms with Crippen LogP contribution in [0.25, 0.3) is 6.08 Å². The van der Waals surface area contributed by atoms with Crippen LogP contribution in [0.3, 0.4) is 0 Å². The number of carbonyl (C=O) groups is 2. The predicted molar refractivity (Wildman–Crippen MR) is 105 cm³/mol. The van der Waals surface area contributed by atoms with Gasteiger partial charge in [0.05, 0.1) is 18.7 Å². The van der Waals surface area contributed by atoms with Gasteiger partial charge in [-0.15, -0.1) is 0 Å². The van der Waals surface area contributed by atoms with E-state index in [9.17, 15) is 9.59 Å². The minimum Gasteiger partial charge on any atom is -0.496 e. The molecule has 1 aliphatic heterocycles. The summed E-state index contributed by atoms with van der Waals surface area (Å²) in [6, 6.07) is 13.4. The zero-order chi connectivity index (χ0) is 18.7. The lowest BCUT2D eigenvalue weighted by Crippen LogP contribution is -2.33. The van der Waals surface area contributed by atoms with Crippen molar-refractivity contribution in [2.45, 2.75) is 13.8 Å². The first-order chi connectivity index (χ1) is 12.5. The quantitative estimate of drug-likeness (QED) is 0.792. The van der Waals surface area contributed by atoms with Gasteiger partial charge in [-0.05, 0) is 54.9 Å². The van der Waals surface area contributed by atoms with Crippen molar-refractivity contribution in [2.24, 2.45) is 0 Å². The zero-order valence-corrected chi connectivity index (χ0v) is 15.7. The van der Waals surface area contributed by atoms with Crippen molar-refractivity contribution in [1.29, 1.82) is 0 Å². The number of anilines is 1. The molecule has 0 spiro atoms. The Kier molecular flexibility index (Phi) is 5.32. The fraction of sp³-hybridized carbons (Fsp3) is 0.200. The summed E-state index contributed by atoms with van der Waals surface area (Å²) in [7, 11) is 1.58. The van der Waals surface area contributed by atoms with Crippen LogP contribution in [-0.4, -0.2) is 29.8 Å². The number of benzene rings is 2. The largest absolute Gasteiger partial charge is 0.496 e. The molecule has 1 N–H and O–H groups in total. The average molecular weight is 368 g/mol. The topological polar surface area (TPSA) is 58.6 Å². The van der Waals surface area contributed by atoms with Crippen LogP contribution in [0, 0.1) is 13.8 Å². The Morgan fingerprint density at radius 1 is 1.15 bits per heavy atom. The van der Waals surface area contributed by atoms with Crippen molar-refractivity contribution in [3.05, 3.63) is 64.1 Å². The highest BCUT2D eigenvalue weighted by molar-refractivity contribution is 8.18. The van der Waals surface area contributed by atoms with Crippen LogP contribution in [0.4, 0.5) is 10.5 Å². The molecule has 0 bridgehead atoms. The van der Waals surface area contributed by atoms with E-state index in [0.717, 1.165) is 34.1 Å². The third kappa shape index (κ3) is 3.75. The third-order valence-electron chi connectivity index (χ3n) is 4.12. The summed E-state index contributed by atoms with van der Waals surface area (Å²) in [5.74, 6) is 0.358. The summed E-state index contributed by atoms with van der Waals surface area (Å²) in [4.78, 5) is 26.5. The van der Waals surface area contributed by atoms with Gasteiger partial charge in [-0.25, -0.2) is 0 Å². The third-order valence-corrected chi connectivity index (χ3v) is 5.03. The lowest BCUT2D eigenvalue weighted by Gasteiger charge is -2.16. The van der Waals surface area contributed by atoms with Crippen molar-refractivity contribution in [2.75, 3.05) is 19.1 Å². The molecule has 2 aromatic carbocycles. The molecule has 1 fully saturated rings. The number of carbonyl (C=O) groups excluding carboxylic acids is 2. The molecule has 26 heavy (non-hydrogen) atoms. The van der Waals surface area contributed by atoms with Gasteiger partial charge < -0.3 is 10.1 Å². The van der Waals surface area contributed by atoms with E-state index in [1.807, 2.05) is 56.3 Å². The molecule has 5 nitrogen and oxygen atoms in total. The Balaban J connectivity index is 1.77. The molecule has 0 unspecified atom stereocenters. The van der Waals surface area contributed by atoms with Crippen LogP contribution in [0.1, 0.15) is 16.7 Å². The van der Waals surface area contributed by atoms with E-state index in [4.69, 9.17) is 4.74 Å². The molecule has 0 saturated carbocycles. The second-order valence-corrected chi connectivity index (χ2v) is 7.00. The van der Waals surface area contributed by atoms with E-state index in [-0.39, 0.29) is 17.8 Å². The fourth-order valence-electron chi connectivity index (χ4n) is 2.65. The molecule has 134 valence electrons. The van der Waals surface area contributed by atoms with Crippen molar-refractivity contribution < 1.29 is 14.3 Å². The van der Waals surface area contributed by atoms with Crippen LogP contribution >= 0.6 is 11.8 Å². The number of ether oxygens (including phenoxy) is 1. The van der Waals surface area contributed by atoms with Gasteiger partial charge in [0.25, 0.3) is 11.1 Å². The normalized spacial score (nSPS) is 15.7. The number of para-hydroxylation sites is 1. The number of aryl methyl sites for hydroxylation is 2. The molecule has 3 rings (SSSR count). The Bertz CT molecular complexity index is 892. The SMILES string of the molecule is COc1ccccc1C=C1SC(=O)N(CNc2cc(C)ccc2C)C1=O. The van der Waals surface area contributed by atoms with Gasteiger partial charge in [0.15, 0.2) is 0 Å². The Morgan fingerprint density at radius 3 is 2.69 bits per heavy atom. The second kappa shape index (κ2) is 7.66.